The van der Waals surface area contributed by atoms with Crippen molar-refractivity contribution >= 4 is 5.69 Å². The number of ether oxygens (including phenoxy) is 2. The van der Waals surface area contributed by atoms with Crippen molar-refractivity contribution in [2.75, 3.05) is 25.7 Å². The van der Waals surface area contributed by atoms with Gasteiger partial charge < -0.3 is 14.4 Å². The van der Waals surface area contributed by atoms with Crippen molar-refractivity contribution < 1.29 is 9.47 Å². The predicted octanol–water partition coefficient (Wildman–Crippen LogP) is 5.29. The first-order chi connectivity index (χ1) is 13.7. The van der Waals surface area contributed by atoms with E-state index in [-0.39, 0.29) is 5.41 Å². The van der Waals surface area contributed by atoms with E-state index in [0.717, 1.165) is 24.5 Å². The maximum Gasteiger partial charge on any atom is 0.119 e. The molecule has 0 aromatic heterocycles. The van der Waals surface area contributed by atoms with Gasteiger partial charge in [0.25, 0.3) is 0 Å². The van der Waals surface area contributed by atoms with Gasteiger partial charge in [-0.1, -0.05) is 42.5 Å². The highest BCUT2D eigenvalue weighted by Gasteiger charge is 2.47. The molecule has 0 unspecified atom stereocenters. The Morgan fingerprint density at radius 3 is 2.14 bits per heavy atom. The number of anilines is 1. The Kier molecular flexibility index (Phi) is 4.99. The molecular formula is C25H27NO2. The predicted molar refractivity (Wildman–Crippen MR) is 115 cm³/mol. The molecule has 0 bridgehead atoms. The summed E-state index contributed by atoms with van der Waals surface area (Å²) in [4.78, 5) is 2.51. The van der Waals surface area contributed by atoms with Gasteiger partial charge in [0, 0.05) is 23.7 Å². The van der Waals surface area contributed by atoms with Crippen LogP contribution in [0.25, 0.3) is 0 Å². The highest BCUT2D eigenvalue weighted by atomic mass is 16.5. The topological polar surface area (TPSA) is 21.7 Å². The largest absolute Gasteiger partial charge is 0.497 e. The van der Waals surface area contributed by atoms with Crippen molar-refractivity contribution in [2.24, 2.45) is 0 Å². The fraction of sp³-hybridized carbons (Fsp3) is 0.280. The molecule has 3 aromatic rings. The summed E-state index contributed by atoms with van der Waals surface area (Å²) in [6.07, 6.45) is 1.05. The molecular weight excluding hydrogens is 346 g/mol. The normalized spacial score (nSPS) is 21.5. The Morgan fingerprint density at radius 1 is 0.786 bits per heavy atom. The van der Waals surface area contributed by atoms with Gasteiger partial charge in [-0.15, -0.1) is 0 Å². The molecule has 1 saturated heterocycles. The van der Waals surface area contributed by atoms with E-state index >= 15 is 0 Å². The third kappa shape index (κ3) is 3.01. The molecule has 1 aliphatic rings. The summed E-state index contributed by atoms with van der Waals surface area (Å²) in [6.45, 7) is 3.34. The maximum absolute atomic E-state index is 5.54. The van der Waals surface area contributed by atoms with Crippen LogP contribution in [0.1, 0.15) is 24.5 Å². The van der Waals surface area contributed by atoms with Crippen molar-refractivity contribution in [3.63, 3.8) is 0 Å². The molecule has 0 aliphatic carbocycles. The standard InChI is InChI=1S/C25H27NO2/c1-19-25(20-8-5-4-6-9-20,21-10-7-11-24(18-21)28-3)16-17-26(19)22-12-14-23(27-2)15-13-22/h4-15,18-19H,16-17H2,1-3H3/t19-,25-/m1/s1. The van der Waals surface area contributed by atoms with Gasteiger partial charge in [-0.05, 0) is 60.9 Å². The lowest BCUT2D eigenvalue weighted by molar-refractivity contribution is 0.410. The summed E-state index contributed by atoms with van der Waals surface area (Å²) in [7, 11) is 3.44. The van der Waals surface area contributed by atoms with Crippen LogP contribution < -0.4 is 14.4 Å². The van der Waals surface area contributed by atoms with Gasteiger partial charge in [0.2, 0.25) is 0 Å². The molecule has 28 heavy (non-hydrogen) atoms. The summed E-state index contributed by atoms with van der Waals surface area (Å²) in [5, 5.41) is 0. The van der Waals surface area contributed by atoms with Crippen LogP contribution in [-0.2, 0) is 5.41 Å². The second kappa shape index (κ2) is 7.59. The highest BCUT2D eigenvalue weighted by molar-refractivity contribution is 5.57. The number of benzene rings is 3. The van der Waals surface area contributed by atoms with Crippen LogP contribution in [0.5, 0.6) is 11.5 Å². The van der Waals surface area contributed by atoms with Gasteiger partial charge >= 0.3 is 0 Å². The molecule has 3 nitrogen and oxygen atoms in total. The fourth-order valence-electron chi connectivity index (χ4n) is 4.67. The second-order valence-electron chi connectivity index (χ2n) is 7.39. The molecule has 1 aliphatic heterocycles. The minimum absolute atomic E-state index is 0.0876. The lowest BCUT2D eigenvalue weighted by atomic mass is 9.69. The lowest BCUT2D eigenvalue weighted by Gasteiger charge is -2.38. The zero-order valence-electron chi connectivity index (χ0n) is 16.8. The van der Waals surface area contributed by atoms with Crippen molar-refractivity contribution in [1.29, 1.82) is 0 Å². The Hall–Kier alpha value is -2.94. The third-order valence-corrected chi connectivity index (χ3v) is 6.21. The van der Waals surface area contributed by atoms with Crippen LogP contribution in [0.4, 0.5) is 5.69 Å². The summed E-state index contributed by atoms with van der Waals surface area (Å²) < 4.78 is 10.9. The lowest BCUT2D eigenvalue weighted by Crippen LogP contribution is -2.41. The average Bonchev–Trinajstić information content (AvgIpc) is 3.12. The summed E-state index contributed by atoms with van der Waals surface area (Å²) in [6, 6.07) is 28.1. The zero-order valence-corrected chi connectivity index (χ0v) is 16.8. The molecule has 144 valence electrons. The van der Waals surface area contributed by atoms with Crippen LogP contribution in [-0.4, -0.2) is 26.8 Å². The Labute approximate surface area is 167 Å². The zero-order chi connectivity index (χ0) is 19.6. The maximum atomic E-state index is 5.54. The van der Waals surface area contributed by atoms with Crippen LogP contribution in [0.2, 0.25) is 0 Å². The van der Waals surface area contributed by atoms with E-state index < -0.39 is 0 Å². The molecule has 1 fully saturated rings. The Balaban J connectivity index is 1.80. The molecule has 3 heteroatoms. The van der Waals surface area contributed by atoms with Gasteiger partial charge in [0.15, 0.2) is 0 Å². The smallest absolute Gasteiger partial charge is 0.119 e. The SMILES string of the molecule is COc1ccc(N2CC[C@@](c3ccccc3)(c3cccc(OC)c3)[C@H]2C)cc1. The monoisotopic (exact) mass is 373 g/mol. The molecule has 3 aromatic carbocycles. The summed E-state index contributed by atoms with van der Waals surface area (Å²) in [5.74, 6) is 1.79. The molecule has 0 saturated carbocycles. The molecule has 2 atom stereocenters. The van der Waals surface area contributed by atoms with Crippen LogP contribution in [0, 0.1) is 0 Å². The Morgan fingerprint density at radius 2 is 1.46 bits per heavy atom. The number of methoxy groups -OCH3 is 2. The molecule has 4 rings (SSSR count). The first kappa shape index (κ1) is 18.4. The average molecular weight is 373 g/mol. The quantitative estimate of drug-likeness (QED) is 0.607. The van der Waals surface area contributed by atoms with E-state index in [1.54, 1.807) is 14.2 Å². The molecule has 0 radical (unpaired) electrons. The van der Waals surface area contributed by atoms with Crippen molar-refractivity contribution in [3.8, 4) is 11.5 Å². The van der Waals surface area contributed by atoms with Crippen molar-refractivity contribution in [1.82, 2.24) is 0 Å². The fourth-order valence-corrected chi connectivity index (χ4v) is 4.67. The van der Waals surface area contributed by atoms with Crippen LogP contribution in [0.3, 0.4) is 0 Å². The molecule has 0 N–H and O–H groups in total. The van der Waals surface area contributed by atoms with Gasteiger partial charge in [-0.25, -0.2) is 0 Å². The summed E-state index contributed by atoms with van der Waals surface area (Å²) >= 11 is 0. The number of hydrogen-bond donors (Lipinski definition) is 0. The van der Waals surface area contributed by atoms with E-state index in [0.29, 0.717) is 6.04 Å². The van der Waals surface area contributed by atoms with E-state index in [1.165, 1.54) is 16.8 Å². The van der Waals surface area contributed by atoms with E-state index in [2.05, 4.69) is 72.5 Å². The minimum Gasteiger partial charge on any atom is -0.497 e. The van der Waals surface area contributed by atoms with Crippen molar-refractivity contribution in [2.45, 2.75) is 24.8 Å². The van der Waals surface area contributed by atoms with E-state index in [1.807, 2.05) is 18.2 Å². The number of rotatable bonds is 5. The number of hydrogen-bond acceptors (Lipinski definition) is 3. The Bertz CT molecular complexity index is 923. The highest BCUT2D eigenvalue weighted by Crippen LogP contribution is 2.47. The van der Waals surface area contributed by atoms with Crippen LogP contribution in [0.15, 0.2) is 78.9 Å². The van der Waals surface area contributed by atoms with Gasteiger partial charge in [0.05, 0.1) is 14.2 Å². The minimum atomic E-state index is -0.0876. The first-order valence-electron chi connectivity index (χ1n) is 9.80. The van der Waals surface area contributed by atoms with Gasteiger partial charge in [-0.2, -0.15) is 0 Å². The van der Waals surface area contributed by atoms with Gasteiger partial charge in [0.1, 0.15) is 11.5 Å². The third-order valence-electron chi connectivity index (χ3n) is 6.21. The van der Waals surface area contributed by atoms with Gasteiger partial charge in [-0.3, -0.25) is 0 Å². The van der Waals surface area contributed by atoms with Crippen LogP contribution >= 0.6 is 0 Å². The number of nitrogens with zero attached hydrogens (tertiary/aromatic N) is 1. The van der Waals surface area contributed by atoms with E-state index in [9.17, 15) is 0 Å². The van der Waals surface area contributed by atoms with Crippen molar-refractivity contribution in [3.05, 3.63) is 90.0 Å². The summed E-state index contributed by atoms with van der Waals surface area (Å²) in [5.41, 5.74) is 3.80. The molecule has 0 spiro atoms. The van der Waals surface area contributed by atoms with E-state index in [4.69, 9.17) is 9.47 Å². The second-order valence-corrected chi connectivity index (χ2v) is 7.39. The molecule has 0 amide bonds. The molecule has 1 heterocycles. The first-order valence-corrected chi connectivity index (χ1v) is 9.80.